The molecule has 0 bridgehead atoms. The van der Waals surface area contributed by atoms with E-state index in [4.69, 9.17) is 13.9 Å². The maximum absolute atomic E-state index is 6.13. The summed E-state index contributed by atoms with van der Waals surface area (Å²) in [6.45, 7) is 3.22. The van der Waals surface area contributed by atoms with Crippen LogP contribution in [0.25, 0.3) is 22.3 Å². The molecule has 3 atom stereocenters. The molecular formula is C28H28N2O3. The van der Waals surface area contributed by atoms with Gasteiger partial charge in [-0.1, -0.05) is 54.3 Å². The van der Waals surface area contributed by atoms with Gasteiger partial charge in [-0.25, -0.2) is 0 Å². The van der Waals surface area contributed by atoms with Crippen molar-refractivity contribution in [1.82, 2.24) is 10.3 Å². The molecule has 0 spiro atoms. The molecule has 5 rings (SSSR count). The monoisotopic (exact) mass is 440 g/mol. The lowest BCUT2D eigenvalue weighted by atomic mass is 10.0. The smallest absolute Gasteiger partial charge is 0.159 e. The summed E-state index contributed by atoms with van der Waals surface area (Å²) < 4.78 is 18.2. The molecule has 1 aliphatic rings. The molecule has 1 aliphatic heterocycles. The van der Waals surface area contributed by atoms with Gasteiger partial charge in [0.2, 0.25) is 0 Å². The highest BCUT2D eigenvalue weighted by Gasteiger charge is 2.28. The number of fused-ring (bicyclic) bond motifs is 1. The molecule has 33 heavy (non-hydrogen) atoms. The Morgan fingerprint density at radius 1 is 1.03 bits per heavy atom. The van der Waals surface area contributed by atoms with E-state index in [9.17, 15) is 0 Å². The summed E-state index contributed by atoms with van der Waals surface area (Å²) >= 11 is 0. The van der Waals surface area contributed by atoms with Crippen molar-refractivity contribution < 1.29 is 13.9 Å². The average Bonchev–Trinajstić information content (AvgIpc) is 3.50. The Labute approximate surface area is 194 Å². The molecular weight excluding hydrogens is 412 g/mol. The van der Waals surface area contributed by atoms with Crippen LogP contribution in [0.5, 0.6) is 0 Å². The van der Waals surface area contributed by atoms with Gasteiger partial charge in [-0.3, -0.25) is 0 Å². The minimum atomic E-state index is -0.229. The zero-order valence-electron chi connectivity index (χ0n) is 18.7. The molecule has 2 aromatic carbocycles. The van der Waals surface area contributed by atoms with Crippen LogP contribution in [0.15, 0.2) is 77.3 Å². The summed E-state index contributed by atoms with van der Waals surface area (Å²) in [5.41, 5.74) is 3.93. The molecule has 3 heterocycles. The number of rotatable bonds is 6. The minimum Gasteiger partial charge on any atom is -0.455 e. The largest absolute Gasteiger partial charge is 0.455 e. The van der Waals surface area contributed by atoms with Crippen LogP contribution >= 0.6 is 0 Å². The number of H-pyrrole nitrogens is 1. The number of furan rings is 1. The molecule has 2 aromatic heterocycles. The van der Waals surface area contributed by atoms with Crippen molar-refractivity contribution in [2.24, 2.45) is 0 Å². The number of para-hydroxylation sites is 1. The zero-order valence-corrected chi connectivity index (χ0v) is 18.7. The van der Waals surface area contributed by atoms with Gasteiger partial charge in [-0.2, -0.15) is 0 Å². The molecule has 1 saturated heterocycles. The molecule has 5 nitrogen and oxygen atoms in total. The quantitative estimate of drug-likeness (QED) is 0.390. The Balaban J connectivity index is 1.21. The van der Waals surface area contributed by atoms with Crippen LogP contribution in [0.4, 0.5) is 0 Å². The van der Waals surface area contributed by atoms with Gasteiger partial charge >= 0.3 is 0 Å². The Morgan fingerprint density at radius 2 is 1.88 bits per heavy atom. The predicted octanol–water partition coefficient (Wildman–Crippen LogP) is 5.48. The van der Waals surface area contributed by atoms with Gasteiger partial charge in [0.1, 0.15) is 12.2 Å². The van der Waals surface area contributed by atoms with E-state index >= 15 is 0 Å². The van der Waals surface area contributed by atoms with Crippen molar-refractivity contribution in [2.75, 3.05) is 6.61 Å². The van der Waals surface area contributed by atoms with Gasteiger partial charge in [0.05, 0.1) is 11.7 Å². The number of aromatic nitrogens is 1. The Bertz CT molecular complexity index is 1230. The molecule has 5 heteroatoms. The van der Waals surface area contributed by atoms with Crippen molar-refractivity contribution in [3.63, 3.8) is 0 Å². The summed E-state index contributed by atoms with van der Waals surface area (Å²) in [5, 5.41) is 4.58. The standard InChI is InChI=1S/C28H28N2O3/c1-20-25(30-19-22-11-7-17-29-22)15-16-27(32-20)31-18-8-13-24-23-12-5-6-14-26(23)33-28(24)21-9-3-2-4-10-21/h2-7,9-12,14,17,20,25,27,29-30H,15-16,18-19H2,1H3/t20-,25-,27+/m0/s1. The molecule has 0 aliphatic carbocycles. The number of hydrogen-bond acceptors (Lipinski definition) is 4. The van der Waals surface area contributed by atoms with E-state index in [-0.39, 0.29) is 12.4 Å². The highest BCUT2D eigenvalue weighted by Crippen LogP contribution is 2.32. The fourth-order valence-electron chi connectivity index (χ4n) is 4.28. The van der Waals surface area contributed by atoms with Gasteiger partial charge in [0.15, 0.2) is 12.1 Å². The van der Waals surface area contributed by atoms with Crippen LogP contribution in [0, 0.1) is 11.8 Å². The van der Waals surface area contributed by atoms with Crippen LogP contribution < -0.4 is 5.32 Å². The molecule has 4 aromatic rings. The van der Waals surface area contributed by atoms with E-state index in [1.807, 2.05) is 66.9 Å². The van der Waals surface area contributed by atoms with E-state index in [2.05, 4.69) is 35.1 Å². The molecule has 1 fully saturated rings. The first-order valence-corrected chi connectivity index (χ1v) is 11.5. The molecule has 0 unspecified atom stereocenters. The number of nitrogens with one attached hydrogen (secondary N) is 2. The average molecular weight is 441 g/mol. The number of hydrogen-bond donors (Lipinski definition) is 2. The SMILES string of the molecule is C[C@@H]1O[C@@H](OCC#Cc2c(-c3ccccc3)oc3ccccc23)CC[C@@H]1NCc1ccc[nH]1. The maximum Gasteiger partial charge on any atom is 0.159 e. The van der Waals surface area contributed by atoms with Gasteiger partial charge in [0.25, 0.3) is 0 Å². The molecule has 0 saturated carbocycles. The lowest BCUT2D eigenvalue weighted by Crippen LogP contribution is -2.46. The summed E-state index contributed by atoms with van der Waals surface area (Å²) in [6, 6.07) is 22.5. The third-order valence-corrected chi connectivity index (χ3v) is 6.05. The number of benzene rings is 2. The lowest BCUT2D eigenvalue weighted by molar-refractivity contribution is -0.190. The predicted molar refractivity (Wildman–Crippen MR) is 129 cm³/mol. The Hall–Kier alpha value is -3.30. The lowest BCUT2D eigenvalue weighted by Gasteiger charge is -2.34. The normalized spacial score (nSPS) is 20.5. The molecule has 0 radical (unpaired) electrons. The van der Waals surface area contributed by atoms with Crippen LogP contribution in [-0.2, 0) is 16.0 Å². The summed E-state index contributed by atoms with van der Waals surface area (Å²) in [5.74, 6) is 7.26. The van der Waals surface area contributed by atoms with Crippen molar-refractivity contribution >= 4 is 11.0 Å². The van der Waals surface area contributed by atoms with E-state index in [0.29, 0.717) is 12.6 Å². The van der Waals surface area contributed by atoms with E-state index in [1.165, 1.54) is 5.69 Å². The summed E-state index contributed by atoms with van der Waals surface area (Å²) in [4.78, 5) is 3.22. The first kappa shape index (κ1) is 21.5. The molecule has 2 N–H and O–H groups in total. The van der Waals surface area contributed by atoms with Crippen LogP contribution in [0.3, 0.4) is 0 Å². The first-order chi connectivity index (χ1) is 16.3. The van der Waals surface area contributed by atoms with E-state index < -0.39 is 0 Å². The molecule has 168 valence electrons. The first-order valence-electron chi connectivity index (χ1n) is 11.5. The van der Waals surface area contributed by atoms with Crippen molar-refractivity contribution in [1.29, 1.82) is 0 Å². The highest BCUT2D eigenvalue weighted by molar-refractivity contribution is 5.91. The Morgan fingerprint density at radius 3 is 2.70 bits per heavy atom. The maximum atomic E-state index is 6.13. The molecule has 0 amide bonds. The fraction of sp³-hybridized carbons (Fsp3) is 0.286. The summed E-state index contributed by atoms with van der Waals surface area (Å²) in [6.07, 6.45) is 3.64. The van der Waals surface area contributed by atoms with Crippen molar-refractivity contribution in [2.45, 2.75) is 44.7 Å². The van der Waals surface area contributed by atoms with Gasteiger partial charge in [-0.15, -0.1) is 0 Å². The van der Waals surface area contributed by atoms with Crippen LogP contribution in [0.1, 0.15) is 31.0 Å². The van der Waals surface area contributed by atoms with Gasteiger partial charge < -0.3 is 24.2 Å². The summed E-state index contributed by atoms with van der Waals surface area (Å²) in [7, 11) is 0. The number of aromatic amines is 1. The second-order valence-electron chi connectivity index (χ2n) is 8.31. The second kappa shape index (κ2) is 10.1. The minimum absolute atomic E-state index is 0.0779. The van der Waals surface area contributed by atoms with Crippen molar-refractivity contribution in [3.8, 4) is 23.2 Å². The Kier molecular flexibility index (Phi) is 6.59. The zero-order chi connectivity index (χ0) is 22.5. The van der Waals surface area contributed by atoms with Crippen LogP contribution in [0.2, 0.25) is 0 Å². The van der Waals surface area contributed by atoms with Crippen LogP contribution in [-0.4, -0.2) is 30.0 Å². The second-order valence-corrected chi connectivity index (χ2v) is 8.31. The van der Waals surface area contributed by atoms with Crippen molar-refractivity contribution in [3.05, 3.63) is 84.2 Å². The van der Waals surface area contributed by atoms with E-state index in [0.717, 1.165) is 47.2 Å². The van der Waals surface area contributed by atoms with Gasteiger partial charge in [0, 0.05) is 41.8 Å². The third-order valence-electron chi connectivity index (χ3n) is 6.05. The topological polar surface area (TPSA) is 59.4 Å². The van der Waals surface area contributed by atoms with Gasteiger partial charge in [-0.05, 0) is 37.6 Å². The van der Waals surface area contributed by atoms with E-state index in [1.54, 1.807) is 0 Å². The fourth-order valence-corrected chi connectivity index (χ4v) is 4.28. The number of ether oxygens (including phenoxy) is 2. The highest BCUT2D eigenvalue weighted by atomic mass is 16.7. The third kappa shape index (κ3) is 5.04.